The monoisotopic (exact) mass is 231 g/mol. The molecule has 0 spiro atoms. The van der Waals surface area contributed by atoms with Crippen LogP contribution in [0.15, 0.2) is 18.7 Å². The SMILES string of the molecule is COCC(CCl)NCCCn1ccnc1. The molecule has 0 radical (unpaired) electrons. The molecule has 1 N–H and O–H groups in total. The van der Waals surface area contributed by atoms with Crippen LogP contribution >= 0.6 is 11.6 Å². The Kier molecular flexibility index (Phi) is 6.39. The predicted molar refractivity (Wildman–Crippen MR) is 61.2 cm³/mol. The van der Waals surface area contributed by atoms with Gasteiger partial charge in [0.1, 0.15) is 0 Å². The van der Waals surface area contributed by atoms with Crippen LogP contribution in [0.2, 0.25) is 0 Å². The smallest absolute Gasteiger partial charge is 0.0945 e. The number of halogens is 1. The van der Waals surface area contributed by atoms with Crippen molar-refractivity contribution in [2.75, 3.05) is 26.1 Å². The molecule has 1 aromatic rings. The van der Waals surface area contributed by atoms with Gasteiger partial charge in [-0.05, 0) is 13.0 Å². The van der Waals surface area contributed by atoms with E-state index < -0.39 is 0 Å². The highest BCUT2D eigenvalue weighted by molar-refractivity contribution is 6.18. The van der Waals surface area contributed by atoms with Gasteiger partial charge in [-0.25, -0.2) is 4.98 Å². The lowest BCUT2D eigenvalue weighted by molar-refractivity contribution is 0.173. The summed E-state index contributed by atoms with van der Waals surface area (Å²) in [6, 6.07) is 0.249. The summed E-state index contributed by atoms with van der Waals surface area (Å²) in [5.74, 6) is 0.582. The van der Waals surface area contributed by atoms with Crippen LogP contribution in [0.3, 0.4) is 0 Å². The molecule has 0 aliphatic rings. The van der Waals surface area contributed by atoms with Gasteiger partial charge in [0, 0.05) is 38.0 Å². The lowest BCUT2D eigenvalue weighted by Crippen LogP contribution is -2.35. The maximum Gasteiger partial charge on any atom is 0.0945 e. The van der Waals surface area contributed by atoms with Crippen molar-refractivity contribution >= 4 is 11.6 Å². The highest BCUT2D eigenvalue weighted by Crippen LogP contribution is 1.92. The molecular weight excluding hydrogens is 214 g/mol. The lowest BCUT2D eigenvalue weighted by Gasteiger charge is -2.14. The molecule has 0 saturated heterocycles. The molecule has 15 heavy (non-hydrogen) atoms. The van der Waals surface area contributed by atoms with E-state index in [1.54, 1.807) is 13.3 Å². The standard InChI is InChI=1S/C10H18ClN3O/c1-15-8-10(7-11)13-3-2-5-14-6-4-12-9-14/h4,6,9-10,13H,2-3,5,7-8H2,1H3. The van der Waals surface area contributed by atoms with Crippen molar-refractivity contribution in [3.63, 3.8) is 0 Å². The van der Waals surface area contributed by atoms with Gasteiger partial charge in [-0.3, -0.25) is 0 Å². The average Bonchev–Trinajstić information content (AvgIpc) is 2.75. The molecule has 1 aromatic heterocycles. The van der Waals surface area contributed by atoms with Crippen molar-refractivity contribution in [2.45, 2.75) is 19.0 Å². The quantitative estimate of drug-likeness (QED) is 0.538. The molecule has 1 heterocycles. The zero-order valence-electron chi connectivity index (χ0n) is 9.03. The second-order valence-electron chi connectivity index (χ2n) is 3.41. The topological polar surface area (TPSA) is 39.1 Å². The number of alkyl halides is 1. The summed E-state index contributed by atoms with van der Waals surface area (Å²) in [6.07, 6.45) is 6.65. The van der Waals surface area contributed by atoms with Crippen molar-refractivity contribution in [3.05, 3.63) is 18.7 Å². The fourth-order valence-corrected chi connectivity index (χ4v) is 1.54. The molecule has 0 aliphatic carbocycles. The van der Waals surface area contributed by atoms with E-state index in [4.69, 9.17) is 16.3 Å². The molecular formula is C10H18ClN3O. The van der Waals surface area contributed by atoms with Gasteiger partial charge in [-0.15, -0.1) is 11.6 Å². The van der Waals surface area contributed by atoms with Crippen molar-refractivity contribution in [1.82, 2.24) is 14.9 Å². The van der Waals surface area contributed by atoms with Crippen molar-refractivity contribution < 1.29 is 4.74 Å². The Morgan fingerprint density at radius 1 is 1.60 bits per heavy atom. The summed E-state index contributed by atoms with van der Waals surface area (Å²) >= 11 is 5.77. The summed E-state index contributed by atoms with van der Waals surface area (Å²) in [6.45, 7) is 2.59. The first kappa shape index (κ1) is 12.5. The molecule has 1 atom stereocenters. The fraction of sp³-hybridized carbons (Fsp3) is 0.700. The van der Waals surface area contributed by atoms with Crippen LogP contribution < -0.4 is 5.32 Å². The Balaban J connectivity index is 2.05. The first-order valence-electron chi connectivity index (χ1n) is 5.11. The maximum atomic E-state index is 5.77. The number of aryl methyl sites for hydroxylation is 1. The molecule has 0 aromatic carbocycles. The predicted octanol–water partition coefficient (Wildman–Crippen LogP) is 1.12. The normalized spacial score (nSPS) is 12.9. The van der Waals surface area contributed by atoms with Crippen LogP contribution in [-0.4, -0.2) is 41.7 Å². The van der Waals surface area contributed by atoms with E-state index in [2.05, 4.69) is 14.9 Å². The third-order valence-electron chi connectivity index (χ3n) is 2.14. The number of hydrogen-bond donors (Lipinski definition) is 1. The molecule has 5 heteroatoms. The highest BCUT2D eigenvalue weighted by Gasteiger charge is 2.04. The van der Waals surface area contributed by atoms with Gasteiger partial charge in [-0.2, -0.15) is 0 Å². The van der Waals surface area contributed by atoms with E-state index in [0.717, 1.165) is 19.5 Å². The number of methoxy groups -OCH3 is 1. The Labute approximate surface area is 95.6 Å². The number of nitrogens with one attached hydrogen (secondary N) is 1. The molecule has 1 unspecified atom stereocenters. The number of hydrogen-bond acceptors (Lipinski definition) is 3. The molecule has 86 valence electrons. The Bertz CT molecular complexity index is 241. The van der Waals surface area contributed by atoms with Crippen LogP contribution in [0.25, 0.3) is 0 Å². The second-order valence-corrected chi connectivity index (χ2v) is 3.72. The van der Waals surface area contributed by atoms with Crippen LogP contribution in [0.5, 0.6) is 0 Å². The Morgan fingerprint density at radius 2 is 2.47 bits per heavy atom. The summed E-state index contributed by atoms with van der Waals surface area (Å²) in [7, 11) is 1.69. The minimum atomic E-state index is 0.249. The van der Waals surface area contributed by atoms with Crippen molar-refractivity contribution in [2.24, 2.45) is 0 Å². The second kappa shape index (κ2) is 7.68. The highest BCUT2D eigenvalue weighted by atomic mass is 35.5. The zero-order valence-corrected chi connectivity index (χ0v) is 9.78. The number of imidazole rings is 1. The molecule has 0 saturated carbocycles. The van der Waals surface area contributed by atoms with Gasteiger partial charge in [0.2, 0.25) is 0 Å². The first-order chi connectivity index (χ1) is 7.36. The Morgan fingerprint density at radius 3 is 3.07 bits per heavy atom. The van der Waals surface area contributed by atoms with Crippen molar-refractivity contribution in [3.8, 4) is 0 Å². The summed E-state index contributed by atoms with van der Waals surface area (Å²) in [4.78, 5) is 3.98. The minimum Gasteiger partial charge on any atom is -0.383 e. The van der Waals surface area contributed by atoms with Crippen LogP contribution in [0.4, 0.5) is 0 Å². The van der Waals surface area contributed by atoms with E-state index in [0.29, 0.717) is 12.5 Å². The Hall–Kier alpha value is -0.580. The van der Waals surface area contributed by atoms with Gasteiger partial charge in [0.05, 0.1) is 12.9 Å². The zero-order chi connectivity index (χ0) is 10.9. The van der Waals surface area contributed by atoms with E-state index in [1.165, 1.54) is 0 Å². The average molecular weight is 232 g/mol. The number of ether oxygens (including phenoxy) is 1. The van der Waals surface area contributed by atoms with E-state index in [1.807, 2.05) is 12.5 Å². The van der Waals surface area contributed by atoms with E-state index in [9.17, 15) is 0 Å². The third kappa shape index (κ3) is 5.16. The van der Waals surface area contributed by atoms with Crippen LogP contribution in [0.1, 0.15) is 6.42 Å². The molecule has 0 aliphatic heterocycles. The number of nitrogens with zero attached hydrogens (tertiary/aromatic N) is 2. The summed E-state index contributed by atoms with van der Waals surface area (Å²) in [5, 5.41) is 3.34. The van der Waals surface area contributed by atoms with Gasteiger partial charge >= 0.3 is 0 Å². The van der Waals surface area contributed by atoms with Gasteiger partial charge in [0.15, 0.2) is 0 Å². The van der Waals surface area contributed by atoms with Crippen molar-refractivity contribution in [1.29, 1.82) is 0 Å². The van der Waals surface area contributed by atoms with Crippen LogP contribution in [-0.2, 0) is 11.3 Å². The van der Waals surface area contributed by atoms with Gasteiger partial charge in [-0.1, -0.05) is 0 Å². The minimum absolute atomic E-state index is 0.249. The van der Waals surface area contributed by atoms with Gasteiger partial charge in [0.25, 0.3) is 0 Å². The lowest BCUT2D eigenvalue weighted by atomic mass is 10.3. The number of aromatic nitrogens is 2. The fourth-order valence-electron chi connectivity index (χ4n) is 1.35. The largest absolute Gasteiger partial charge is 0.383 e. The molecule has 0 amide bonds. The molecule has 1 rings (SSSR count). The first-order valence-corrected chi connectivity index (χ1v) is 5.64. The molecule has 0 bridgehead atoms. The van der Waals surface area contributed by atoms with Gasteiger partial charge < -0.3 is 14.6 Å². The third-order valence-corrected chi connectivity index (χ3v) is 2.51. The van der Waals surface area contributed by atoms with Crippen LogP contribution in [0, 0.1) is 0 Å². The van der Waals surface area contributed by atoms with E-state index in [-0.39, 0.29) is 6.04 Å². The molecule has 0 fully saturated rings. The summed E-state index contributed by atoms with van der Waals surface area (Å²) in [5.41, 5.74) is 0. The summed E-state index contributed by atoms with van der Waals surface area (Å²) < 4.78 is 7.10. The number of rotatable bonds is 8. The molecule has 4 nitrogen and oxygen atoms in total. The van der Waals surface area contributed by atoms with E-state index >= 15 is 0 Å². The maximum absolute atomic E-state index is 5.77.